The van der Waals surface area contributed by atoms with Crippen LogP contribution in [-0.2, 0) is 17.9 Å². The van der Waals surface area contributed by atoms with Crippen molar-refractivity contribution < 1.29 is 4.79 Å². The summed E-state index contributed by atoms with van der Waals surface area (Å²) in [5.74, 6) is -0.0499. The maximum atomic E-state index is 13.3. The van der Waals surface area contributed by atoms with E-state index in [1.807, 2.05) is 60.0 Å². The number of amides is 1. The highest BCUT2D eigenvalue weighted by Crippen LogP contribution is 2.24. The first kappa shape index (κ1) is 18.3. The minimum atomic E-state index is -0.0499. The number of H-pyrrole nitrogens is 1. The highest BCUT2D eigenvalue weighted by Gasteiger charge is 2.19. The number of rotatable bonds is 6. The second-order valence-electron chi connectivity index (χ2n) is 6.86. The monoisotopic (exact) mass is 414 g/mol. The predicted molar refractivity (Wildman–Crippen MR) is 117 cm³/mol. The van der Waals surface area contributed by atoms with E-state index in [1.54, 1.807) is 33.4 Å². The number of fused-ring (bicyclic) bond motifs is 1. The number of nitrogens with zero attached hydrogens (tertiary/aromatic N) is 5. The van der Waals surface area contributed by atoms with Crippen molar-refractivity contribution in [3.63, 3.8) is 0 Å². The molecule has 0 bridgehead atoms. The number of aromatic nitrogens is 5. The molecule has 0 fully saturated rings. The van der Waals surface area contributed by atoms with Crippen LogP contribution in [0.15, 0.2) is 77.9 Å². The van der Waals surface area contributed by atoms with Crippen molar-refractivity contribution in [2.45, 2.75) is 13.1 Å². The fraction of sp³-hybridized carbons (Fsp3) is 0.0909. The lowest BCUT2D eigenvalue weighted by Crippen LogP contribution is -2.33. The molecule has 0 saturated heterocycles. The zero-order chi connectivity index (χ0) is 20.3. The molecular weight excluding hydrogens is 396 g/mol. The van der Waals surface area contributed by atoms with Crippen molar-refractivity contribution in [3.8, 4) is 11.3 Å². The SMILES string of the molecule is O=C(Cn1nnc2ccccc21)N(Cc1ccsc1)c1ccc(-c2cnc[nH]2)cc1. The van der Waals surface area contributed by atoms with Crippen LogP contribution in [0.4, 0.5) is 5.69 Å². The Morgan fingerprint density at radius 1 is 1.10 bits per heavy atom. The highest BCUT2D eigenvalue weighted by atomic mass is 32.1. The highest BCUT2D eigenvalue weighted by molar-refractivity contribution is 7.07. The summed E-state index contributed by atoms with van der Waals surface area (Å²) in [5, 5.41) is 12.4. The molecule has 30 heavy (non-hydrogen) atoms. The van der Waals surface area contributed by atoms with Crippen LogP contribution in [0, 0.1) is 0 Å². The average Bonchev–Trinajstić information content (AvgIpc) is 3.55. The van der Waals surface area contributed by atoms with Gasteiger partial charge in [-0.3, -0.25) is 4.79 Å². The molecule has 7 nitrogen and oxygen atoms in total. The molecule has 1 amide bonds. The number of anilines is 1. The van der Waals surface area contributed by atoms with E-state index in [1.165, 1.54) is 0 Å². The van der Waals surface area contributed by atoms with Gasteiger partial charge in [-0.25, -0.2) is 9.67 Å². The number of thiophene rings is 1. The number of hydrogen-bond donors (Lipinski definition) is 1. The third-order valence-electron chi connectivity index (χ3n) is 4.92. The van der Waals surface area contributed by atoms with E-state index in [0.717, 1.165) is 33.5 Å². The molecule has 0 spiro atoms. The Balaban J connectivity index is 1.44. The van der Waals surface area contributed by atoms with Crippen molar-refractivity contribution in [2.24, 2.45) is 0 Å². The van der Waals surface area contributed by atoms with Crippen LogP contribution in [0.25, 0.3) is 22.3 Å². The zero-order valence-electron chi connectivity index (χ0n) is 16.0. The molecule has 3 heterocycles. The van der Waals surface area contributed by atoms with Gasteiger partial charge in [-0.1, -0.05) is 29.5 Å². The van der Waals surface area contributed by atoms with Gasteiger partial charge in [-0.2, -0.15) is 11.3 Å². The summed E-state index contributed by atoms with van der Waals surface area (Å²) in [7, 11) is 0. The van der Waals surface area contributed by atoms with Gasteiger partial charge >= 0.3 is 0 Å². The van der Waals surface area contributed by atoms with E-state index >= 15 is 0 Å². The normalized spacial score (nSPS) is 11.1. The molecule has 0 unspecified atom stereocenters. The van der Waals surface area contributed by atoms with Gasteiger partial charge in [-0.05, 0) is 52.2 Å². The first-order valence-electron chi connectivity index (χ1n) is 9.46. The largest absolute Gasteiger partial charge is 0.345 e. The number of carbonyl (C=O) groups is 1. The summed E-state index contributed by atoms with van der Waals surface area (Å²) in [6.07, 6.45) is 3.43. The Kier molecular flexibility index (Phi) is 4.82. The number of benzene rings is 2. The molecule has 0 saturated carbocycles. The summed E-state index contributed by atoms with van der Waals surface area (Å²) in [6.45, 7) is 0.616. The van der Waals surface area contributed by atoms with Gasteiger partial charge in [-0.15, -0.1) is 5.10 Å². The van der Waals surface area contributed by atoms with E-state index in [4.69, 9.17) is 0 Å². The molecule has 5 aromatic rings. The van der Waals surface area contributed by atoms with E-state index in [-0.39, 0.29) is 12.5 Å². The molecule has 0 aliphatic rings. The van der Waals surface area contributed by atoms with Crippen LogP contribution in [0.2, 0.25) is 0 Å². The van der Waals surface area contributed by atoms with Crippen LogP contribution < -0.4 is 4.90 Å². The fourth-order valence-corrected chi connectivity index (χ4v) is 4.03. The van der Waals surface area contributed by atoms with E-state index in [9.17, 15) is 4.79 Å². The Hall–Kier alpha value is -3.78. The molecule has 0 atom stereocenters. The summed E-state index contributed by atoms with van der Waals surface area (Å²) in [4.78, 5) is 22.3. The third kappa shape index (κ3) is 3.60. The Morgan fingerprint density at radius 3 is 2.73 bits per heavy atom. The maximum absolute atomic E-state index is 13.3. The molecule has 3 aromatic heterocycles. The lowest BCUT2D eigenvalue weighted by atomic mass is 10.1. The van der Waals surface area contributed by atoms with Crippen molar-refractivity contribution in [1.82, 2.24) is 25.0 Å². The maximum Gasteiger partial charge on any atom is 0.249 e. The van der Waals surface area contributed by atoms with Gasteiger partial charge in [0.05, 0.1) is 30.3 Å². The molecule has 8 heteroatoms. The molecule has 0 aliphatic carbocycles. The lowest BCUT2D eigenvalue weighted by molar-refractivity contribution is -0.119. The molecule has 0 radical (unpaired) electrons. The summed E-state index contributed by atoms with van der Waals surface area (Å²) >= 11 is 1.62. The lowest BCUT2D eigenvalue weighted by Gasteiger charge is -2.23. The van der Waals surface area contributed by atoms with Crippen molar-refractivity contribution in [2.75, 3.05) is 4.90 Å². The molecule has 5 rings (SSSR count). The Morgan fingerprint density at radius 2 is 1.97 bits per heavy atom. The smallest absolute Gasteiger partial charge is 0.249 e. The number of carbonyl (C=O) groups excluding carboxylic acids is 1. The Labute approximate surface area is 176 Å². The predicted octanol–water partition coefficient (Wildman–Crippen LogP) is 4.12. The molecule has 148 valence electrons. The minimum absolute atomic E-state index is 0.0499. The number of nitrogens with one attached hydrogen (secondary N) is 1. The van der Waals surface area contributed by atoms with Gasteiger partial charge in [0.1, 0.15) is 12.1 Å². The summed E-state index contributed by atoms with van der Waals surface area (Å²) < 4.78 is 1.65. The second-order valence-corrected chi connectivity index (χ2v) is 7.64. The number of para-hydroxylation sites is 1. The third-order valence-corrected chi connectivity index (χ3v) is 5.65. The zero-order valence-corrected chi connectivity index (χ0v) is 16.8. The fourth-order valence-electron chi connectivity index (χ4n) is 3.37. The standard InChI is InChI=1S/C22H18N6OS/c29-22(13-28-21-4-2-1-3-19(21)25-26-28)27(12-16-9-10-30-14-16)18-7-5-17(6-8-18)20-11-23-15-24-20/h1-11,14-15H,12-13H2,(H,23,24). The molecule has 1 N–H and O–H groups in total. The van der Waals surface area contributed by atoms with E-state index < -0.39 is 0 Å². The van der Waals surface area contributed by atoms with Gasteiger partial charge in [0.2, 0.25) is 5.91 Å². The number of imidazole rings is 1. The van der Waals surface area contributed by atoms with Gasteiger partial charge < -0.3 is 9.88 Å². The van der Waals surface area contributed by atoms with Gasteiger partial charge in [0, 0.05) is 5.69 Å². The number of aromatic amines is 1. The summed E-state index contributed by atoms with van der Waals surface area (Å²) in [5.41, 5.74) is 5.50. The Bertz CT molecular complexity index is 1260. The first-order valence-corrected chi connectivity index (χ1v) is 10.4. The van der Waals surface area contributed by atoms with E-state index in [0.29, 0.717) is 6.54 Å². The van der Waals surface area contributed by atoms with Crippen LogP contribution in [0.5, 0.6) is 0 Å². The van der Waals surface area contributed by atoms with Crippen LogP contribution >= 0.6 is 11.3 Å². The van der Waals surface area contributed by atoms with Crippen molar-refractivity contribution in [3.05, 3.63) is 83.4 Å². The van der Waals surface area contributed by atoms with Crippen LogP contribution in [0.3, 0.4) is 0 Å². The second kappa shape index (κ2) is 7.92. The quantitative estimate of drug-likeness (QED) is 0.453. The van der Waals surface area contributed by atoms with Crippen molar-refractivity contribution >= 4 is 34.0 Å². The molecule has 2 aromatic carbocycles. The minimum Gasteiger partial charge on any atom is -0.345 e. The van der Waals surface area contributed by atoms with Crippen molar-refractivity contribution in [1.29, 1.82) is 0 Å². The topological polar surface area (TPSA) is 79.7 Å². The van der Waals surface area contributed by atoms with Gasteiger partial charge in [0.25, 0.3) is 0 Å². The average molecular weight is 414 g/mol. The first-order chi connectivity index (χ1) is 14.8. The van der Waals surface area contributed by atoms with Gasteiger partial charge in [0.15, 0.2) is 0 Å². The molecular formula is C22H18N6OS. The number of hydrogen-bond acceptors (Lipinski definition) is 5. The van der Waals surface area contributed by atoms with Crippen LogP contribution in [-0.4, -0.2) is 30.9 Å². The molecule has 0 aliphatic heterocycles. The van der Waals surface area contributed by atoms with E-state index in [2.05, 4.69) is 25.7 Å². The summed E-state index contributed by atoms with van der Waals surface area (Å²) in [6, 6.07) is 17.6. The van der Waals surface area contributed by atoms with Crippen LogP contribution in [0.1, 0.15) is 5.56 Å².